The second-order valence-corrected chi connectivity index (χ2v) is 10.9. The number of rotatable bonds is 5. The summed E-state index contributed by atoms with van der Waals surface area (Å²) in [7, 11) is 0. The van der Waals surface area contributed by atoms with Crippen molar-refractivity contribution in [2.75, 3.05) is 38.6 Å². The molecule has 0 spiro atoms. The summed E-state index contributed by atoms with van der Waals surface area (Å²) in [5.41, 5.74) is 1.41. The maximum atomic E-state index is 14.0. The predicted molar refractivity (Wildman–Crippen MR) is 130 cm³/mol. The Hall–Kier alpha value is -1.96. The van der Waals surface area contributed by atoms with Gasteiger partial charge in [0.25, 0.3) is 0 Å². The van der Waals surface area contributed by atoms with Gasteiger partial charge in [0.2, 0.25) is 11.8 Å². The molecule has 2 amide bonds. The Morgan fingerprint density at radius 3 is 2.70 bits per heavy atom. The third-order valence-electron chi connectivity index (χ3n) is 6.72. The van der Waals surface area contributed by atoms with Gasteiger partial charge in [0.1, 0.15) is 5.82 Å². The van der Waals surface area contributed by atoms with Crippen molar-refractivity contribution >= 4 is 34.8 Å². The van der Waals surface area contributed by atoms with Crippen LogP contribution in [-0.4, -0.2) is 71.2 Å². The Morgan fingerprint density at radius 1 is 1.21 bits per heavy atom. The van der Waals surface area contributed by atoms with Gasteiger partial charge in [0.15, 0.2) is 0 Å². The molecular weight excluding hydrogens is 461 g/mol. The zero-order chi connectivity index (χ0) is 23.8. The van der Waals surface area contributed by atoms with Crippen LogP contribution in [0.15, 0.2) is 35.7 Å². The van der Waals surface area contributed by atoms with E-state index in [0.717, 1.165) is 24.1 Å². The summed E-state index contributed by atoms with van der Waals surface area (Å²) in [5.74, 6) is 0.0733. The Morgan fingerprint density at radius 2 is 2.00 bits per heavy atom. The van der Waals surface area contributed by atoms with Gasteiger partial charge in [-0.3, -0.25) is 14.5 Å². The quantitative estimate of drug-likeness (QED) is 0.590. The van der Waals surface area contributed by atoms with E-state index in [9.17, 15) is 14.0 Å². The van der Waals surface area contributed by atoms with Crippen LogP contribution in [0.1, 0.15) is 42.8 Å². The molecule has 5 nitrogen and oxygen atoms in total. The summed E-state index contributed by atoms with van der Waals surface area (Å²) in [4.78, 5) is 33.4. The molecule has 0 radical (unpaired) electrons. The molecule has 2 aliphatic heterocycles. The van der Waals surface area contributed by atoms with E-state index in [0.29, 0.717) is 19.6 Å². The third-order valence-corrected chi connectivity index (χ3v) is 8.39. The maximum absolute atomic E-state index is 14.0. The highest BCUT2D eigenvalue weighted by Gasteiger charge is 2.38. The molecular formula is C25H31ClFN3O2S. The van der Waals surface area contributed by atoms with Crippen molar-refractivity contribution in [3.8, 4) is 0 Å². The van der Waals surface area contributed by atoms with Gasteiger partial charge in [-0.2, -0.15) is 0 Å². The number of piperazine rings is 1. The monoisotopic (exact) mass is 491 g/mol. The van der Waals surface area contributed by atoms with Crippen LogP contribution in [0.4, 0.5) is 4.39 Å². The molecule has 1 saturated heterocycles. The van der Waals surface area contributed by atoms with Crippen molar-refractivity contribution in [2.45, 2.75) is 39.3 Å². The van der Waals surface area contributed by atoms with Crippen molar-refractivity contribution < 1.29 is 14.0 Å². The number of thiophene rings is 1. The Labute approximate surface area is 204 Å². The highest BCUT2D eigenvalue weighted by atomic mass is 35.5. The lowest BCUT2D eigenvalue weighted by molar-refractivity contribution is -0.148. The lowest BCUT2D eigenvalue weighted by Gasteiger charge is -2.43. The van der Waals surface area contributed by atoms with E-state index in [1.807, 2.05) is 36.6 Å². The first-order chi connectivity index (χ1) is 15.7. The molecule has 0 aliphatic carbocycles. The fraction of sp³-hybridized carbons (Fsp3) is 0.520. The van der Waals surface area contributed by atoms with Crippen LogP contribution < -0.4 is 0 Å². The number of benzene rings is 1. The highest BCUT2D eigenvalue weighted by Crippen LogP contribution is 2.38. The average Bonchev–Trinajstić information content (AvgIpc) is 3.27. The Balaban J connectivity index is 1.47. The summed E-state index contributed by atoms with van der Waals surface area (Å²) >= 11 is 7.73. The summed E-state index contributed by atoms with van der Waals surface area (Å²) in [5, 5.41) is 2.07. The lowest BCUT2D eigenvalue weighted by atomic mass is 9.92. The number of hydrogen-bond donors (Lipinski definition) is 0. The van der Waals surface area contributed by atoms with Gasteiger partial charge in [0.05, 0.1) is 18.0 Å². The number of hydrogen-bond acceptors (Lipinski definition) is 4. The maximum Gasteiger partial charge on any atom is 0.236 e. The molecule has 2 atom stereocenters. The molecule has 2 aromatic rings. The van der Waals surface area contributed by atoms with Crippen molar-refractivity contribution in [1.29, 1.82) is 0 Å². The largest absolute Gasteiger partial charge is 0.338 e. The average molecular weight is 492 g/mol. The van der Waals surface area contributed by atoms with E-state index in [1.165, 1.54) is 10.9 Å². The van der Waals surface area contributed by atoms with Crippen LogP contribution in [0, 0.1) is 11.2 Å². The second-order valence-electron chi connectivity index (χ2n) is 9.68. The minimum Gasteiger partial charge on any atom is -0.338 e. The smallest absolute Gasteiger partial charge is 0.236 e. The number of carbonyl (C=O) groups excluding carboxylic acids is 2. The molecule has 1 fully saturated rings. The normalized spacial score (nSPS) is 21.7. The molecule has 33 heavy (non-hydrogen) atoms. The summed E-state index contributed by atoms with van der Waals surface area (Å²) in [6.07, 6.45) is 0.887. The summed E-state index contributed by atoms with van der Waals surface area (Å²) in [6.45, 7) is 8.23. The number of halogens is 2. The molecule has 0 bridgehead atoms. The van der Waals surface area contributed by atoms with E-state index in [4.69, 9.17) is 11.6 Å². The van der Waals surface area contributed by atoms with Gasteiger partial charge < -0.3 is 9.80 Å². The lowest BCUT2D eigenvalue weighted by Crippen LogP contribution is -2.59. The molecule has 0 saturated carbocycles. The van der Waals surface area contributed by atoms with Gasteiger partial charge >= 0.3 is 0 Å². The van der Waals surface area contributed by atoms with Crippen LogP contribution in [-0.2, 0) is 16.0 Å². The fourth-order valence-corrected chi connectivity index (χ4v) is 5.83. The second kappa shape index (κ2) is 9.72. The molecule has 4 rings (SSSR count). The summed E-state index contributed by atoms with van der Waals surface area (Å²) in [6, 6.07) is 8.57. The van der Waals surface area contributed by atoms with Crippen LogP contribution >= 0.6 is 22.9 Å². The molecule has 3 heterocycles. The highest BCUT2D eigenvalue weighted by molar-refractivity contribution is 7.10. The van der Waals surface area contributed by atoms with E-state index in [2.05, 4.69) is 16.3 Å². The summed E-state index contributed by atoms with van der Waals surface area (Å²) < 4.78 is 14.0. The zero-order valence-electron chi connectivity index (χ0n) is 19.4. The fourth-order valence-electron chi connectivity index (χ4n) is 4.81. The first kappa shape index (κ1) is 24.2. The van der Waals surface area contributed by atoms with Crippen LogP contribution in [0.2, 0.25) is 0 Å². The molecule has 178 valence electrons. The van der Waals surface area contributed by atoms with E-state index >= 15 is 0 Å². The van der Waals surface area contributed by atoms with Gasteiger partial charge in [-0.25, -0.2) is 4.39 Å². The van der Waals surface area contributed by atoms with Crippen molar-refractivity contribution in [3.63, 3.8) is 0 Å². The molecule has 2 aliphatic rings. The zero-order valence-corrected chi connectivity index (χ0v) is 21.0. The SMILES string of the molecule is CC1CN(C(=O)CN2CCc3sccc3C2c2cccc(F)c2)CCN1C(=O)C(C)(C)CCl. The number of fused-ring (bicyclic) bond motifs is 1. The number of amides is 2. The van der Waals surface area contributed by atoms with Gasteiger partial charge in [0, 0.05) is 43.0 Å². The van der Waals surface area contributed by atoms with E-state index in [-0.39, 0.29) is 42.1 Å². The number of carbonyl (C=O) groups is 2. The number of nitrogens with zero attached hydrogens (tertiary/aromatic N) is 3. The van der Waals surface area contributed by atoms with Crippen molar-refractivity contribution in [3.05, 3.63) is 57.5 Å². The van der Waals surface area contributed by atoms with E-state index in [1.54, 1.807) is 23.5 Å². The Kier molecular flexibility index (Phi) is 7.12. The minimum atomic E-state index is -0.619. The molecule has 8 heteroatoms. The first-order valence-electron chi connectivity index (χ1n) is 11.4. The first-order valence-corrected chi connectivity index (χ1v) is 12.8. The standard InChI is InChI=1S/C25H31ClFN3O2S/c1-17-14-28(10-11-30(17)24(32)25(2,3)16-26)22(31)15-29-9-7-21-20(8-12-33-21)23(29)18-5-4-6-19(27)13-18/h4-6,8,12-13,17,23H,7,9-11,14-16H2,1-3H3. The minimum absolute atomic E-state index is 0.0317. The van der Waals surface area contributed by atoms with Gasteiger partial charge in [-0.1, -0.05) is 12.1 Å². The van der Waals surface area contributed by atoms with Crippen LogP contribution in [0.25, 0.3) is 0 Å². The number of alkyl halides is 1. The Bertz CT molecular complexity index is 1030. The van der Waals surface area contributed by atoms with Crippen LogP contribution in [0.5, 0.6) is 0 Å². The van der Waals surface area contributed by atoms with Gasteiger partial charge in [-0.15, -0.1) is 22.9 Å². The van der Waals surface area contributed by atoms with Crippen molar-refractivity contribution in [1.82, 2.24) is 14.7 Å². The third kappa shape index (κ3) is 4.96. The van der Waals surface area contributed by atoms with Gasteiger partial charge in [-0.05, 0) is 61.9 Å². The molecule has 2 unspecified atom stereocenters. The molecule has 1 aromatic carbocycles. The molecule has 0 N–H and O–H groups in total. The van der Waals surface area contributed by atoms with Crippen LogP contribution in [0.3, 0.4) is 0 Å². The predicted octanol–water partition coefficient (Wildman–Crippen LogP) is 4.16. The van der Waals surface area contributed by atoms with E-state index < -0.39 is 5.41 Å². The molecule has 1 aromatic heterocycles. The van der Waals surface area contributed by atoms with Crippen molar-refractivity contribution in [2.24, 2.45) is 5.41 Å². The topological polar surface area (TPSA) is 43.9 Å².